The van der Waals surface area contributed by atoms with Crippen molar-refractivity contribution in [2.24, 2.45) is 0 Å². The number of thiazole rings is 1. The highest BCUT2D eigenvalue weighted by Crippen LogP contribution is 2.26. The van der Waals surface area contributed by atoms with Gasteiger partial charge in [0.05, 0.1) is 10.2 Å². The van der Waals surface area contributed by atoms with Gasteiger partial charge in [0.15, 0.2) is 10.3 Å². The predicted octanol–water partition coefficient (Wildman–Crippen LogP) is 3.77. The fourth-order valence-corrected chi connectivity index (χ4v) is 3.21. The zero-order valence-corrected chi connectivity index (χ0v) is 14.2. The van der Waals surface area contributed by atoms with Gasteiger partial charge in [-0.05, 0) is 37.0 Å². The van der Waals surface area contributed by atoms with Crippen molar-refractivity contribution in [2.45, 2.75) is 12.1 Å². The Hall–Kier alpha value is -2.25. The van der Waals surface area contributed by atoms with Gasteiger partial charge in [-0.15, -0.1) is 0 Å². The Balaban J connectivity index is 1.68. The van der Waals surface area contributed by atoms with Crippen LogP contribution in [0.4, 0.5) is 5.13 Å². The molecule has 0 saturated heterocycles. The van der Waals surface area contributed by atoms with Crippen molar-refractivity contribution in [3.8, 4) is 0 Å². The van der Waals surface area contributed by atoms with Gasteiger partial charge in [0.25, 0.3) is 0 Å². The van der Waals surface area contributed by atoms with Gasteiger partial charge in [-0.2, -0.15) is 0 Å². The SMILES string of the molecule is CSc1ncc(/C=C/C(=O)Nc2nc3ccc(C)cc3s2)cn1. The van der Waals surface area contributed by atoms with Crippen molar-refractivity contribution in [3.63, 3.8) is 0 Å². The number of nitrogens with one attached hydrogen (secondary N) is 1. The van der Waals surface area contributed by atoms with Gasteiger partial charge in [-0.1, -0.05) is 29.2 Å². The van der Waals surface area contributed by atoms with E-state index in [9.17, 15) is 4.79 Å². The third-order valence-corrected chi connectivity index (χ3v) is 4.54. The Bertz CT molecular complexity index is 871. The van der Waals surface area contributed by atoms with Crippen molar-refractivity contribution >= 4 is 50.4 Å². The molecule has 1 N–H and O–H groups in total. The maximum Gasteiger partial charge on any atom is 0.250 e. The first-order valence-corrected chi connectivity index (χ1v) is 8.90. The van der Waals surface area contributed by atoms with E-state index >= 15 is 0 Å². The topological polar surface area (TPSA) is 67.8 Å². The zero-order chi connectivity index (χ0) is 16.2. The molecule has 0 aliphatic rings. The smallest absolute Gasteiger partial charge is 0.250 e. The second-order valence-corrected chi connectivity index (χ2v) is 6.62. The molecule has 2 aromatic heterocycles. The largest absolute Gasteiger partial charge is 0.298 e. The summed E-state index contributed by atoms with van der Waals surface area (Å²) in [6.07, 6.45) is 8.41. The number of benzene rings is 1. The van der Waals surface area contributed by atoms with Crippen LogP contribution in [0.15, 0.2) is 41.8 Å². The molecule has 0 bridgehead atoms. The van der Waals surface area contributed by atoms with Gasteiger partial charge in [0.1, 0.15) is 0 Å². The normalized spacial score (nSPS) is 11.2. The maximum absolute atomic E-state index is 12.0. The molecule has 0 aliphatic carbocycles. The number of carbonyl (C=O) groups excluding carboxylic acids is 1. The van der Waals surface area contributed by atoms with Crippen LogP contribution in [0.1, 0.15) is 11.1 Å². The molecule has 7 heteroatoms. The minimum Gasteiger partial charge on any atom is -0.298 e. The molecular formula is C16H14N4OS2. The molecule has 0 aliphatic heterocycles. The van der Waals surface area contributed by atoms with Crippen molar-refractivity contribution in [2.75, 3.05) is 11.6 Å². The molecule has 116 valence electrons. The van der Waals surface area contributed by atoms with E-state index in [0.29, 0.717) is 10.3 Å². The number of hydrogen-bond acceptors (Lipinski definition) is 6. The van der Waals surface area contributed by atoms with Crippen LogP contribution >= 0.6 is 23.1 Å². The molecular weight excluding hydrogens is 328 g/mol. The van der Waals surface area contributed by atoms with E-state index in [1.54, 1.807) is 18.5 Å². The van der Waals surface area contributed by atoms with E-state index in [1.165, 1.54) is 34.7 Å². The van der Waals surface area contributed by atoms with E-state index in [2.05, 4.69) is 26.3 Å². The van der Waals surface area contributed by atoms with Crippen LogP contribution in [0.2, 0.25) is 0 Å². The number of fused-ring (bicyclic) bond motifs is 1. The van der Waals surface area contributed by atoms with Gasteiger partial charge in [0, 0.05) is 24.0 Å². The Morgan fingerprint density at radius 2 is 2.09 bits per heavy atom. The number of rotatable bonds is 4. The number of nitrogens with zero attached hydrogens (tertiary/aromatic N) is 3. The lowest BCUT2D eigenvalue weighted by Crippen LogP contribution is -2.07. The number of aryl methyl sites for hydroxylation is 1. The first-order chi connectivity index (χ1) is 11.1. The second-order valence-electron chi connectivity index (χ2n) is 4.82. The lowest BCUT2D eigenvalue weighted by molar-refractivity contribution is -0.111. The Labute approximate surface area is 141 Å². The van der Waals surface area contributed by atoms with Crippen molar-refractivity contribution < 1.29 is 4.79 Å². The Morgan fingerprint density at radius 1 is 1.30 bits per heavy atom. The summed E-state index contributed by atoms with van der Waals surface area (Å²) < 4.78 is 1.06. The van der Waals surface area contributed by atoms with E-state index in [4.69, 9.17) is 0 Å². The summed E-state index contributed by atoms with van der Waals surface area (Å²) >= 11 is 2.94. The third-order valence-electron chi connectivity index (χ3n) is 3.03. The molecule has 1 aromatic carbocycles. The van der Waals surface area contributed by atoms with Gasteiger partial charge in [0.2, 0.25) is 5.91 Å². The number of hydrogen-bond donors (Lipinski definition) is 1. The molecule has 0 unspecified atom stereocenters. The highest BCUT2D eigenvalue weighted by Gasteiger charge is 2.06. The molecule has 3 aromatic rings. The highest BCUT2D eigenvalue weighted by atomic mass is 32.2. The quantitative estimate of drug-likeness (QED) is 0.444. The molecule has 0 saturated carbocycles. The number of aromatic nitrogens is 3. The average molecular weight is 342 g/mol. The van der Waals surface area contributed by atoms with Crippen LogP contribution in [0.25, 0.3) is 16.3 Å². The zero-order valence-electron chi connectivity index (χ0n) is 12.6. The highest BCUT2D eigenvalue weighted by molar-refractivity contribution is 7.98. The second kappa shape index (κ2) is 6.89. The maximum atomic E-state index is 12.0. The van der Waals surface area contributed by atoms with Crippen LogP contribution in [-0.4, -0.2) is 27.1 Å². The Morgan fingerprint density at radius 3 is 2.83 bits per heavy atom. The molecule has 0 radical (unpaired) electrons. The van der Waals surface area contributed by atoms with Crippen LogP contribution in [0.5, 0.6) is 0 Å². The van der Waals surface area contributed by atoms with Crippen LogP contribution in [0.3, 0.4) is 0 Å². The summed E-state index contributed by atoms with van der Waals surface area (Å²) in [6, 6.07) is 6.02. The van der Waals surface area contributed by atoms with Crippen molar-refractivity contribution in [3.05, 3.63) is 47.8 Å². The summed E-state index contributed by atoms with van der Waals surface area (Å²) in [5, 5.41) is 4.08. The Kier molecular flexibility index (Phi) is 4.68. The van der Waals surface area contributed by atoms with E-state index in [0.717, 1.165) is 15.8 Å². The molecule has 23 heavy (non-hydrogen) atoms. The molecule has 2 heterocycles. The molecule has 1 amide bonds. The van der Waals surface area contributed by atoms with Gasteiger partial charge < -0.3 is 0 Å². The predicted molar refractivity (Wildman–Crippen MR) is 95.8 cm³/mol. The summed E-state index contributed by atoms with van der Waals surface area (Å²) in [4.78, 5) is 24.7. The standard InChI is InChI=1S/C16H14N4OS2/c1-10-3-5-12-13(7-10)23-16(19-12)20-14(21)6-4-11-8-17-15(22-2)18-9-11/h3-9H,1-2H3,(H,19,20,21)/b6-4+. The van der Waals surface area contributed by atoms with E-state index in [-0.39, 0.29) is 5.91 Å². The molecule has 0 fully saturated rings. The molecule has 0 atom stereocenters. The lowest BCUT2D eigenvalue weighted by atomic mass is 10.2. The fraction of sp³-hybridized carbons (Fsp3) is 0.125. The van der Waals surface area contributed by atoms with Crippen LogP contribution < -0.4 is 5.32 Å². The molecule has 0 spiro atoms. The molecule has 5 nitrogen and oxygen atoms in total. The number of amides is 1. The summed E-state index contributed by atoms with van der Waals surface area (Å²) in [5.74, 6) is -0.227. The first-order valence-electron chi connectivity index (χ1n) is 6.86. The molecule has 3 rings (SSSR count). The van der Waals surface area contributed by atoms with Crippen molar-refractivity contribution in [1.29, 1.82) is 0 Å². The number of carbonyl (C=O) groups is 1. The first kappa shape index (κ1) is 15.6. The minimum atomic E-state index is -0.227. The lowest BCUT2D eigenvalue weighted by Gasteiger charge is -1.96. The minimum absolute atomic E-state index is 0.227. The van der Waals surface area contributed by atoms with E-state index < -0.39 is 0 Å². The number of anilines is 1. The monoisotopic (exact) mass is 342 g/mol. The summed E-state index contributed by atoms with van der Waals surface area (Å²) in [6.45, 7) is 2.03. The van der Waals surface area contributed by atoms with E-state index in [1.807, 2.05) is 25.3 Å². The third kappa shape index (κ3) is 3.94. The van der Waals surface area contributed by atoms with Gasteiger partial charge in [-0.3, -0.25) is 10.1 Å². The van der Waals surface area contributed by atoms with Crippen LogP contribution in [-0.2, 0) is 4.79 Å². The van der Waals surface area contributed by atoms with Gasteiger partial charge >= 0.3 is 0 Å². The van der Waals surface area contributed by atoms with Gasteiger partial charge in [-0.25, -0.2) is 15.0 Å². The number of thioether (sulfide) groups is 1. The average Bonchev–Trinajstić information content (AvgIpc) is 2.94. The fourth-order valence-electron chi connectivity index (χ4n) is 1.92. The van der Waals surface area contributed by atoms with Crippen molar-refractivity contribution in [1.82, 2.24) is 15.0 Å². The summed E-state index contributed by atoms with van der Waals surface area (Å²) in [7, 11) is 0. The summed E-state index contributed by atoms with van der Waals surface area (Å²) in [5.41, 5.74) is 2.84. The van der Waals surface area contributed by atoms with Crippen LogP contribution in [0, 0.1) is 6.92 Å².